The standard InChI is InChI=1S/C14H14ClNO5S/c1-20-14(17)16-9-13(12-3-2-8-21-12)22(18,19)11-6-4-10(15)5-7-11/h2-8,13H,9H2,1H3,(H,16,17). The highest BCUT2D eigenvalue weighted by atomic mass is 35.5. The van der Waals surface area contributed by atoms with E-state index in [0.29, 0.717) is 5.02 Å². The molecule has 0 aliphatic heterocycles. The minimum absolute atomic E-state index is 0.0879. The van der Waals surface area contributed by atoms with E-state index in [1.54, 1.807) is 6.07 Å². The molecule has 6 nitrogen and oxygen atoms in total. The summed E-state index contributed by atoms with van der Waals surface area (Å²) in [5, 5.41) is 1.75. The van der Waals surface area contributed by atoms with Crippen molar-refractivity contribution in [3.05, 3.63) is 53.4 Å². The van der Waals surface area contributed by atoms with Gasteiger partial charge in [-0.3, -0.25) is 0 Å². The fourth-order valence-electron chi connectivity index (χ4n) is 1.87. The first-order valence-electron chi connectivity index (χ1n) is 6.30. The van der Waals surface area contributed by atoms with Gasteiger partial charge in [-0.25, -0.2) is 13.2 Å². The Morgan fingerprint density at radius 1 is 1.32 bits per heavy atom. The van der Waals surface area contributed by atoms with Gasteiger partial charge < -0.3 is 14.5 Å². The molecule has 2 rings (SSSR count). The zero-order valence-corrected chi connectivity index (χ0v) is 13.2. The van der Waals surface area contributed by atoms with E-state index < -0.39 is 21.2 Å². The summed E-state index contributed by atoms with van der Waals surface area (Å²) in [6.45, 7) is -0.175. The monoisotopic (exact) mass is 343 g/mol. The Labute approximate surface area is 132 Å². The first kappa shape index (κ1) is 16.4. The first-order chi connectivity index (χ1) is 10.4. The molecule has 1 amide bonds. The molecule has 118 valence electrons. The van der Waals surface area contributed by atoms with Crippen molar-refractivity contribution in [2.75, 3.05) is 13.7 Å². The third-order valence-electron chi connectivity index (χ3n) is 2.99. The molecule has 0 spiro atoms. The minimum Gasteiger partial charge on any atom is -0.468 e. The minimum atomic E-state index is -3.77. The van der Waals surface area contributed by atoms with Crippen LogP contribution in [0.25, 0.3) is 0 Å². The largest absolute Gasteiger partial charge is 0.468 e. The van der Waals surface area contributed by atoms with Crippen molar-refractivity contribution in [3.63, 3.8) is 0 Å². The maximum atomic E-state index is 12.7. The number of nitrogens with one attached hydrogen (secondary N) is 1. The van der Waals surface area contributed by atoms with Crippen molar-refractivity contribution < 1.29 is 22.4 Å². The van der Waals surface area contributed by atoms with Crippen LogP contribution in [0.15, 0.2) is 52.0 Å². The van der Waals surface area contributed by atoms with Crippen molar-refractivity contribution in [2.45, 2.75) is 10.1 Å². The smallest absolute Gasteiger partial charge is 0.406 e. The summed E-state index contributed by atoms with van der Waals surface area (Å²) in [6, 6.07) is 8.91. The van der Waals surface area contributed by atoms with Crippen LogP contribution >= 0.6 is 11.6 Å². The van der Waals surface area contributed by atoms with Gasteiger partial charge in [0.05, 0.1) is 18.3 Å². The Balaban J connectivity index is 2.35. The van der Waals surface area contributed by atoms with Crippen molar-refractivity contribution in [3.8, 4) is 0 Å². The average Bonchev–Trinajstić information content (AvgIpc) is 3.01. The summed E-state index contributed by atoms with van der Waals surface area (Å²) in [5.41, 5.74) is 0. The number of sulfone groups is 1. The van der Waals surface area contributed by atoms with Crippen LogP contribution in [0.4, 0.5) is 4.79 Å². The van der Waals surface area contributed by atoms with Crippen molar-refractivity contribution in [1.82, 2.24) is 5.32 Å². The van der Waals surface area contributed by atoms with Crippen LogP contribution in [-0.2, 0) is 14.6 Å². The number of alkyl carbamates (subject to hydrolysis) is 1. The lowest BCUT2D eigenvalue weighted by molar-refractivity contribution is 0.171. The van der Waals surface area contributed by atoms with E-state index in [1.165, 1.54) is 43.7 Å². The molecule has 1 N–H and O–H groups in total. The van der Waals surface area contributed by atoms with Gasteiger partial charge in [0.25, 0.3) is 0 Å². The highest BCUT2D eigenvalue weighted by Gasteiger charge is 2.31. The molecule has 8 heteroatoms. The van der Waals surface area contributed by atoms with Gasteiger partial charge in [-0.2, -0.15) is 0 Å². The number of furan rings is 1. The Morgan fingerprint density at radius 3 is 2.55 bits per heavy atom. The molecule has 1 heterocycles. The number of methoxy groups -OCH3 is 1. The maximum Gasteiger partial charge on any atom is 0.406 e. The van der Waals surface area contributed by atoms with Gasteiger partial charge in [-0.05, 0) is 36.4 Å². The molecule has 0 radical (unpaired) electrons. The Hall–Kier alpha value is -1.99. The molecule has 1 aromatic heterocycles. The average molecular weight is 344 g/mol. The highest BCUT2D eigenvalue weighted by Crippen LogP contribution is 2.29. The fourth-order valence-corrected chi connectivity index (χ4v) is 3.59. The SMILES string of the molecule is COC(=O)NCC(c1ccco1)S(=O)(=O)c1ccc(Cl)cc1. The van der Waals surface area contributed by atoms with E-state index in [2.05, 4.69) is 10.1 Å². The molecular formula is C14H14ClNO5S. The highest BCUT2D eigenvalue weighted by molar-refractivity contribution is 7.91. The number of carbonyl (C=O) groups excluding carboxylic acids is 1. The van der Waals surface area contributed by atoms with Gasteiger partial charge in [0.1, 0.15) is 11.0 Å². The summed E-state index contributed by atoms with van der Waals surface area (Å²) in [7, 11) is -2.57. The third kappa shape index (κ3) is 3.61. The Bertz CT molecular complexity index is 725. The van der Waals surface area contributed by atoms with E-state index in [0.717, 1.165) is 0 Å². The molecule has 1 aromatic carbocycles. The molecule has 0 fully saturated rings. The second kappa shape index (κ2) is 6.85. The zero-order valence-electron chi connectivity index (χ0n) is 11.7. The lowest BCUT2D eigenvalue weighted by Gasteiger charge is -2.16. The number of halogens is 1. The summed E-state index contributed by atoms with van der Waals surface area (Å²) >= 11 is 5.78. The predicted molar refractivity (Wildman–Crippen MR) is 80.5 cm³/mol. The van der Waals surface area contributed by atoms with Crippen molar-refractivity contribution >= 4 is 27.5 Å². The fraction of sp³-hybridized carbons (Fsp3) is 0.214. The molecular weight excluding hydrogens is 330 g/mol. The van der Waals surface area contributed by atoms with Gasteiger partial charge in [-0.1, -0.05) is 11.6 Å². The van der Waals surface area contributed by atoms with E-state index in [9.17, 15) is 13.2 Å². The first-order valence-corrected chi connectivity index (χ1v) is 8.22. The van der Waals surface area contributed by atoms with Gasteiger partial charge in [-0.15, -0.1) is 0 Å². The summed E-state index contributed by atoms with van der Waals surface area (Å²) in [6.07, 6.45) is 0.653. The number of benzene rings is 1. The van der Waals surface area contributed by atoms with E-state index in [-0.39, 0.29) is 17.2 Å². The van der Waals surface area contributed by atoms with Gasteiger partial charge in [0, 0.05) is 11.6 Å². The number of ether oxygens (including phenoxy) is 1. The molecule has 0 aliphatic rings. The summed E-state index contributed by atoms with van der Waals surface area (Å²) in [5.74, 6) is 0.228. The Morgan fingerprint density at radius 2 is 2.00 bits per heavy atom. The number of amides is 1. The normalized spacial score (nSPS) is 12.6. The van der Waals surface area contributed by atoms with Crippen LogP contribution in [0.1, 0.15) is 11.0 Å². The van der Waals surface area contributed by atoms with Gasteiger partial charge in [0.15, 0.2) is 9.84 Å². The summed E-state index contributed by atoms with van der Waals surface area (Å²) in [4.78, 5) is 11.3. The number of hydrogen-bond donors (Lipinski definition) is 1. The lowest BCUT2D eigenvalue weighted by atomic mass is 10.3. The van der Waals surface area contributed by atoms with Crippen molar-refractivity contribution in [1.29, 1.82) is 0 Å². The number of carbonyl (C=O) groups is 1. The van der Waals surface area contributed by atoms with Crippen LogP contribution in [0, 0.1) is 0 Å². The quantitative estimate of drug-likeness (QED) is 0.902. The second-order valence-electron chi connectivity index (χ2n) is 4.38. The van der Waals surface area contributed by atoms with E-state index >= 15 is 0 Å². The molecule has 22 heavy (non-hydrogen) atoms. The zero-order chi connectivity index (χ0) is 16.2. The third-order valence-corrected chi connectivity index (χ3v) is 5.32. The lowest BCUT2D eigenvalue weighted by Crippen LogP contribution is -2.31. The molecule has 2 aromatic rings. The van der Waals surface area contributed by atoms with E-state index in [4.69, 9.17) is 16.0 Å². The van der Waals surface area contributed by atoms with E-state index in [1.807, 2.05) is 0 Å². The van der Waals surface area contributed by atoms with Crippen molar-refractivity contribution in [2.24, 2.45) is 0 Å². The van der Waals surface area contributed by atoms with Crippen LogP contribution < -0.4 is 5.32 Å². The van der Waals surface area contributed by atoms with Gasteiger partial charge >= 0.3 is 6.09 Å². The maximum absolute atomic E-state index is 12.7. The molecule has 1 unspecified atom stereocenters. The molecule has 0 bridgehead atoms. The predicted octanol–water partition coefficient (Wildman–Crippen LogP) is 2.80. The van der Waals surface area contributed by atoms with Crippen LogP contribution in [0.5, 0.6) is 0 Å². The second-order valence-corrected chi connectivity index (χ2v) is 6.94. The molecule has 1 atom stereocenters. The van der Waals surface area contributed by atoms with Crippen LogP contribution in [-0.4, -0.2) is 28.2 Å². The topological polar surface area (TPSA) is 85.6 Å². The molecule has 0 saturated carbocycles. The van der Waals surface area contributed by atoms with Gasteiger partial charge in [0.2, 0.25) is 0 Å². The molecule has 0 saturated heterocycles. The number of rotatable bonds is 5. The van der Waals surface area contributed by atoms with Crippen LogP contribution in [0.2, 0.25) is 5.02 Å². The summed E-state index contributed by atoms with van der Waals surface area (Å²) < 4.78 is 35.2. The van der Waals surface area contributed by atoms with Crippen LogP contribution in [0.3, 0.4) is 0 Å². The Kier molecular flexibility index (Phi) is 5.10. The number of hydrogen-bond acceptors (Lipinski definition) is 5. The molecule has 0 aliphatic carbocycles.